The Morgan fingerprint density at radius 2 is 1.52 bits per heavy atom. The van der Waals surface area contributed by atoms with Gasteiger partial charge in [-0.25, -0.2) is 0 Å². The van der Waals surface area contributed by atoms with E-state index in [1.54, 1.807) is 11.1 Å². The van der Waals surface area contributed by atoms with Crippen LogP contribution in [0.4, 0.5) is 0 Å². The summed E-state index contributed by atoms with van der Waals surface area (Å²) < 4.78 is 0. The van der Waals surface area contributed by atoms with Crippen molar-refractivity contribution in [3.63, 3.8) is 0 Å². The summed E-state index contributed by atoms with van der Waals surface area (Å²) in [6, 6.07) is 21.2. The lowest BCUT2D eigenvalue weighted by atomic mass is 9.87. The van der Waals surface area contributed by atoms with Crippen LogP contribution in [0, 0.1) is 5.92 Å². The Balaban J connectivity index is 1.50. The van der Waals surface area contributed by atoms with E-state index in [0.29, 0.717) is 12.1 Å². The van der Waals surface area contributed by atoms with Gasteiger partial charge in [-0.1, -0.05) is 54.6 Å². The van der Waals surface area contributed by atoms with E-state index in [1.807, 2.05) is 0 Å². The monoisotopic (exact) mass is 277 g/mol. The summed E-state index contributed by atoms with van der Waals surface area (Å²) in [6.07, 6.45) is 6.45. The molecule has 1 nitrogen and oxygen atoms in total. The molecule has 2 aliphatic carbocycles. The Kier molecular flexibility index (Phi) is 3.52. The van der Waals surface area contributed by atoms with Crippen LogP contribution in [-0.2, 0) is 12.8 Å². The van der Waals surface area contributed by atoms with Crippen molar-refractivity contribution in [3.8, 4) is 0 Å². The molecule has 2 aromatic rings. The molecule has 0 aliphatic heterocycles. The highest BCUT2D eigenvalue weighted by Crippen LogP contribution is 2.41. The van der Waals surface area contributed by atoms with E-state index in [4.69, 9.17) is 0 Å². The third kappa shape index (κ3) is 2.89. The molecule has 1 N–H and O–H groups in total. The lowest BCUT2D eigenvalue weighted by molar-refractivity contribution is 0.373. The van der Waals surface area contributed by atoms with Crippen LogP contribution < -0.4 is 5.32 Å². The zero-order valence-electron chi connectivity index (χ0n) is 12.5. The second-order valence-corrected chi connectivity index (χ2v) is 6.60. The SMILES string of the molecule is c1ccc(C(NC2CCc3ccccc3C2)C2CC2)cc1. The lowest BCUT2D eigenvalue weighted by Crippen LogP contribution is -2.38. The number of hydrogen-bond donors (Lipinski definition) is 1. The highest BCUT2D eigenvalue weighted by atomic mass is 15.0. The van der Waals surface area contributed by atoms with Crippen LogP contribution in [0.15, 0.2) is 54.6 Å². The van der Waals surface area contributed by atoms with Crippen LogP contribution in [0.2, 0.25) is 0 Å². The number of nitrogens with one attached hydrogen (secondary N) is 1. The first-order chi connectivity index (χ1) is 10.4. The van der Waals surface area contributed by atoms with Crippen molar-refractivity contribution in [1.82, 2.24) is 5.32 Å². The minimum Gasteiger partial charge on any atom is -0.307 e. The van der Waals surface area contributed by atoms with Crippen molar-refractivity contribution in [3.05, 3.63) is 71.3 Å². The Morgan fingerprint density at radius 3 is 2.29 bits per heavy atom. The maximum Gasteiger partial charge on any atom is 0.0351 e. The van der Waals surface area contributed by atoms with Crippen molar-refractivity contribution in [2.45, 2.75) is 44.2 Å². The van der Waals surface area contributed by atoms with Crippen molar-refractivity contribution >= 4 is 0 Å². The van der Waals surface area contributed by atoms with Gasteiger partial charge in [-0.15, -0.1) is 0 Å². The molecule has 2 atom stereocenters. The lowest BCUT2D eigenvalue weighted by Gasteiger charge is -2.30. The van der Waals surface area contributed by atoms with Gasteiger partial charge in [0.25, 0.3) is 0 Å². The summed E-state index contributed by atoms with van der Waals surface area (Å²) in [5.74, 6) is 0.851. The van der Waals surface area contributed by atoms with E-state index in [1.165, 1.54) is 37.7 Å². The van der Waals surface area contributed by atoms with Gasteiger partial charge in [0.15, 0.2) is 0 Å². The molecule has 1 heteroatoms. The molecule has 108 valence electrons. The van der Waals surface area contributed by atoms with E-state index in [2.05, 4.69) is 59.9 Å². The summed E-state index contributed by atoms with van der Waals surface area (Å²) >= 11 is 0. The fourth-order valence-corrected chi connectivity index (χ4v) is 3.69. The maximum atomic E-state index is 3.98. The largest absolute Gasteiger partial charge is 0.307 e. The zero-order valence-corrected chi connectivity index (χ0v) is 12.5. The average Bonchev–Trinajstić information content (AvgIpc) is 3.38. The second-order valence-electron chi connectivity index (χ2n) is 6.60. The number of rotatable bonds is 4. The normalized spacial score (nSPS) is 22.6. The number of benzene rings is 2. The summed E-state index contributed by atoms with van der Waals surface area (Å²) in [5, 5.41) is 3.98. The summed E-state index contributed by atoms with van der Waals surface area (Å²) in [5.41, 5.74) is 4.57. The van der Waals surface area contributed by atoms with Crippen molar-refractivity contribution in [2.75, 3.05) is 0 Å². The van der Waals surface area contributed by atoms with Crippen LogP contribution in [0.25, 0.3) is 0 Å². The van der Waals surface area contributed by atoms with E-state index >= 15 is 0 Å². The first-order valence-corrected chi connectivity index (χ1v) is 8.28. The van der Waals surface area contributed by atoms with E-state index in [9.17, 15) is 0 Å². The first kappa shape index (κ1) is 13.1. The standard InChI is InChI=1S/C20H23N/c1-2-7-16(8-3-1)20(17-10-11-17)21-19-13-12-15-6-4-5-9-18(15)14-19/h1-9,17,19-21H,10-14H2. The average molecular weight is 277 g/mol. The maximum absolute atomic E-state index is 3.98. The van der Waals surface area contributed by atoms with Crippen LogP contribution >= 0.6 is 0 Å². The summed E-state index contributed by atoms with van der Waals surface area (Å²) in [7, 11) is 0. The van der Waals surface area contributed by atoms with Crippen LogP contribution in [0.1, 0.15) is 42.0 Å². The van der Waals surface area contributed by atoms with Crippen LogP contribution in [0.5, 0.6) is 0 Å². The van der Waals surface area contributed by atoms with Gasteiger partial charge in [0, 0.05) is 12.1 Å². The summed E-state index contributed by atoms with van der Waals surface area (Å²) in [6.45, 7) is 0. The second kappa shape index (κ2) is 5.65. The number of fused-ring (bicyclic) bond motifs is 1. The topological polar surface area (TPSA) is 12.0 Å². The molecule has 0 saturated heterocycles. The molecule has 0 aromatic heterocycles. The molecular formula is C20H23N. The Bertz CT molecular complexity index is 600. The molecule has 2 aromatic carbocycles. The van der Waals surface area contributed by atoms with Gasteiger partial charge in [-0.05, 0) is 54.7 Å². The van der Waals surface area contributed by atoms with Gasteiger partial charge >= 0.3 is 0 Å². The number of hydrogen-bond acceptors (Lipinski definition) is 1. The minimum atomic E-state index is 0.557. The Hall–Kier alpha value is -1.60. The van der Waals surface area contributed by atoms with Crippen LogP contribution in [-0.4, -0.2) is 6.04 Å². The molecule has 1 fully saturated rings. The Labute approximate surface area is 127 Å². The molecule has 2 unspecified atom stereocenters. The smallest absolute Gasteiger partial charge is 0.0351 e. The van der Waals surface area contributed by atoms with Gasteiger partial charge in [0.1, 0.15) is 0 Å². The zero-order chi connectivity index (χ0) is 14.1. The minimum absolute atomic E-state index is 0.557. The molecule has 0 amide bonds. The van der Waals surface area contributed by atoms with E-state index in [0.717, 1.165) is 5.92 Å². The molecule has 2 aliphatic rings. The predicted octanol–water partition coefficient (Wildman–Crippen LogP) is 4.28. The van der Waals surface area contributed by atoms with Gasteiger partial charge in [0.05, 0.1) is 0 Å². The van der Waals surface area contributed by atoms with Crippen molar-refractivity contribution in [1.29, 1.82) is 0 Å². The molecule has 0 spiro atoms. The van der Waals surface area contributed by atoms with Crippen molar-refractivity contribution in [2.24, 2.45) is 5.92 Å². The molecule has 0 radical (unpaired) electrons. The van der Waals surface area contributed by atoms with Gasteiger partial charge in [0.2, 0.25) is 0 Å². The summed E-state index contributed by atoms with van der Waals surface area (Å²) in [4.78, 5) is 0. The van der Waals surface area contributed by atoms with Gasteiger partial charge in [-0.3, -0.25) is 0 Å². The quantitative estimate of drug-likeness (QED) is 0.879. The fourth-order valence-electron chi connectivity index (χ4n) is 3.69. The third-order valence-corrected chi connectivity index (χ3v) is 5.01. The third-order valence-electron chi connectivity index (χ3n) is 5.01. The molecular weight excluding hydrogens is 254 g/mol. The highest BCUT2D eigenvalue weighted by molar-refractivity contribution is 5.31. The fraction of sp³-hybridized carbons (Fsp3) is 0.400. The van der Waals surface area contributed by atoms with Gasteiger partial charge < -0.3 is 5.32 Å². The van der Waals surface area contributed by atoms with Crippen LogP contribution in [0.3, 0.4) is 0 Å². The molecule has 0 bridgehead atoms. The van der Waals surface area contributed by atoms with E-state index < -0.39 is 0 Å². The predicted molar refractivity (Wildman–Crippen MR) is 87.3 cm³/mol. The Morgan fingerprint density at radius 1 is 0.810 bits per heavy atom. The molecule has 4 rings (SSSR count). The van der Waals surface area contributed by atoms with E-state index in [-0.39, 0.29) is 0 Å². The molecule has 0 heterocycles. The molecule has 21 heavy (non-hydrogen) atoms. The van der Waals surface area contributed by atoms with Crippen molar-refractivity contribution < 1.29 is 0 Å². The highest BCUT2D eigenvalue weighted by Gasteiger charge is 2.34. The molecule has 1 saturated carbocycles. The number of aryl methyl sites for hydroxylation is 1. The van der Waals surface area contributed by atoms with Gasteiger partial charge in [-0.2, -0.15) is 0 Å². The first-order valence-electron chi connectivity index (χ1n) is 8.28.